The van der Waals surface area contributed by atoms with Gasteiger partial charge in [-0.1, -0.05) is 11.6 Å². The minimum atomic E-state index is -1.12. The van der Waals surface area contributed by atoms with Crippen molar-refractivity contribution in [3.8, 4) is 11.5 Å². The lowest BCUT2D eigenvalue weighted by atomic mass is 9.98. The normalized spacial score (nSPS) is 17.2. The number of Topliss-reactive ketones (excluding diaryl/α,β-unsaturated/α-hetero) is 1. The second-order valence-electron chi connectivity index (χ2n) is 7.74. The summed E-state index contributed by atoms with van der Waals surface area (Å²) >= 11 is 5.95. The molecule has 0 radical (unpaired) electrons. The molecule has 1 aliphatic heterocycles. The van der Waals surface area contributed by atoms with Gasteiger partial charge in [0.15, 0.2) is 0 Å². The Kier molecular flexibility index (Phi) is 6.84. The molecular formula is C26H23ClFNO6. The molecule has 4 rings (SSSR count). The molecule has 0 aliphatic carbocycles. The fraction of sp³-hybridized carbons (Fsp3) is 0.231. The summed E-state index contributed by atoms with van der Waals surface area (Å²) in [6.07, 6.45) is 0. The zero-order valence-electron chi connectivity index (χ0n) is 19.3. The SMILES string of the molecule is CCOc1ccc(/C(O)=C2/C(=O)C(=O)N(c3ccc(F)c(Cl)c3)C2c2ccc(C)o2)c(OCC)c1. The molecule has 1 aliphatic rings. The van der Waals surface area contributed by atoms with Crippen molar-refractivity contribution in [2.24, 2.45) is 0 Å². The molecule has 3 aromatic rings. The molecule has 35 heavy (non-hydrogen) atoms. The summed E-state index contributed by atoms with van der Waals surface area (Å²) in [6.45, 7) is 6.05. The van der Waals surface area contributed by atoms with Crippen molar-refractivity contribution >= 4 is 34.7 Å². The molecule has 7 nitrogen and oxygen atoms in total. The van der Waals surface area contributed by atoms with E-state index < -0.39 is 29.3 Å². The third-order valence-corrected chi connectivity index (χ3v) is 5.77. The fourth-order valence-electron chi connectivity index (χ4n) is 3.98. The first kappa shape index (κ1) is 24.3. The first-order chi connectivity index (χ1) is 16.8. The van der Waals surface area contributed by atoms with Crippen LogP contribution >= 0.6 is 11.6 Å². The van der Waals surface area contributed by atoms with Crippen LogP contribution in [0.3, 0.4) is 0 Å². The number of carbonyl (C=O) groups excluding carboxylic acids is 2. The first-order valence-electron chi connectivity index (χ1n) is 11.0. The Morgan fingerprint density at radius 1 is 1.09 bits per heavy atom. The number of aryl methyl sites for hydroxylation is 1. The standard InChI is InChI=1S/C26H23ClFNO6/c1-4-33-16-8-9-17(21(13-16)34-5-2)24(30)22-23(20-11-6-14(3)35-20)29(26(32)25(22)31)15-7-10-19(28)18(27)12-15/h6-13,23,30H,4-5H2,1-3H3/b24-22-. The van der Waals surface area contributed by atoms with Crippen molar-refractivity contribution in [2.45, 2.75) is 26.8 Å². The summed E-state index contributed by atoms with van der Waals surface area (Å²) in [5.74, 6) is -1.38. The van der Waals surface area contributed by atoms with Crippen LogP contribution < -0.4 is 14.4 Å². The van der Waals surface area contributed by atoms with Crippen molar-refractivity contribution in [3.63, 3.8) is 0 Å². The molecule has 1 amide bonds. The molecular weight excluding hydrogens is 477 g/mol. The average molecular weight is 500 g/mol. The minimum absolute atomic E-state index is 0.174. The Bertz CT molecular complexity index is 1330. The van der Waals surface area contributed by atoms with Gasteiger partial charge in [0, 0.05) is 11.8 Å². The van der Waals surface area contributed by atoms with Gasteiger partial charge in [-0.3, -0.25) is 14.5 Å². The Balaban J connectivity index is 1.93. The molecule has 1 saturated heterocycles. The number of carbonyl (C=O) groups is 2. The van der Waals surface area contributed by atoms with Crippen LogP contribution in [0.25, 0.3) is 5.76 Å². The van der Waals surface area contributed by atoms with E-state index in [1.807, 2.05) is 6.92 Å². The predicted octanol–water partition coefficient (Wildman–Crippen LogP) is 5.80. The summed E-state index contributed by atoms with van der Waals surface area (Å²) in [5.41, 5.74) is 0.182. The van der Waals surface area contributed by atoms with Gasteiger partial charge >= 0.3 is 0 Å². The van der Waals surface area contributed by atoms with Crippen LogP contribution in [-0.4, -0.2) is 30.0 Å². The van der Waals surface area contributed by atoms with Gasteiger partial charge in [0.1, 0.15) is 40.6 Å². The Morgan fingerprint density at radius 2 is 1.83 bits per heavy atom. The number of aliphatic hydroxyl groups excluding tert-OH is 1. The van der Waals surface area contributed by atoms with Crippen molar-refractivity contribution in [1.82, 2.24) is 0 Å². The molecule has 9 heteroatoms. The second kappa shape index (κ2) is 9.84. The molecule has 1 aromatic heterocycles. The number of nitrogens with zero attached hydrogens (tertiary/aromatic N) is 1. The van der Waals surface area contributed by atoms with E-state index in [1.165, 1.54) is 12.1 Å². The maximum atomic E-state index is 13.8. The highest BCUT2D eigenvalue weighted by Gasteiger charge is 2.48. The van der Waals surface area contributed by atoms with Gasteiger partial charge in [-0.15, -0.1) is 0 Å². The number of hydrogen-bond donors (Lipinski definition) is 1. The van der Waals surface area contributed by atoms with Crippen molar-refractivity contribution in [2.75, 3.05) is 18.1 Å². The lowest BCUT2D eigenvalue weighted by molar-refractivity contribution is -0.132. The van der Waals surface area contributed by atoms with Gasteiger partial charge in [0.25, 0.3) is 11.7 Å². The Hall–Kier alpha value is -3.78. The highest BCUT2D eigenvalue weighted by Crippen LogP contribution is 2.44. The number of anilines is 1. The molecule has 1 fully saturated rings. The van der Waals surface area contributed by atoms with Crippen LogP contribution in [0.1, 0.15) is 37.0 Å². The maximum absolute atomic E-state index is 13.8. The number of benzene rings is 2. The molecule has 1 unspecified atom stereocenters. The lowest BCUT2D eigenvalue weighted by Crippen LogP contribution is -2.29. The molecule has 1 atom stereocenters. The number of furan rings is 1. The molecule has 0 bridgehead atoms. The largest absolute Gasteiger partial charge is 0.507 e. The number of amides is 1. The Morgan fingerprint density at radius 3 is 2.46 bits per heavy atom. The van der Waals surface area contributed by atoms with Crippen LogP contribution in [-0.2, 0) is 9.59 Å². The second-order valence-corrected chi connectivity index (χ2v) is 8.15. The number of ether oxygens (including phenoxy) is 2. The smallest absolute Gasteiger partial charge is 0.300 e. The van der Waals surface area contributed by atoms with Crippen LogP contribution in [0.5, 0.6) is 11.5 Å². The average Bonchev–Trinajstić information content (AvgIpc) is 3.37. The van der Waals surface area contributed by atoms with Crippen LogP contribution in [0, 0.1) is 12.7 Å². The number of hydrogen-bond acceptors (Lipinski definition) is 6. The number of ketones is 1. The van der Waals surface area contributed by atoms with Crippen molar-refractivity contribution in [1.29, 1.82) is 0 Å². The van der Waals surface area contributed by atoms with E-state index in [4.69, 9.17) is 25.5 Å². The highest BCUT2D eigenvalue weighted by molar-refractivity contribution is 6.51. The van der Waals surface area contributed by atoms with Gasteiger partial charge in [-0.2, -0.15) is 0 Å². The number of aliphatic hydroxyl groups is 1. The first-order valence-corrected chi connectivity index (χ1v) is 11.4. The van der Waals surface area contributed by atoms with Crippen LogP contribution in [0.4, 0.5) is 10.1 Å². The van der Waals surface area contributed by atoms with Crippen LogP contribution in [0.2, 0.25) is 5.02 Å². The van der Waals surface area contributed by atoms with E-state index in [0.29, 0.717) is 24.7 Å². The highest BCUT2D eigenvalue weighted by atomic mass is 35.5. The number of rotatable bonds is 7. The third-order valence-electron chi connectivity index (χ3n) is 5.48. The van der Waals surface area contributed by atoms with E-state index >= 15 is 0 Å². The Labute approximate surface area is 206 Å². The van der Waals surface area contributed by atoms with E-state index in [9.17, 15) is 19.1 Å². The molecule has 0 saturated carbocycles. The van der Waals surface area contributed by atoms with Gasteiger partial charge in [-0.05, 0) is 63.2 Å². The predicted molar refractivity (Wildman–Crippen MR) is 128 cm³/mol. The zero-order valence-corrected chi connectivity index (χ0v) is 20.1. The number of halogens is 2. The summed E-state index contributed by atoms with van der Waals surface area (Å²) < 4.78 is 30.8. The van der Waals surface area contributed by atoms with Crippen molar-refractivity contribution in [3.05, 3.63) is 82.0 Å². The third kappa shape index (κ3) is 4.49. The van der Waals surface area contributed by atoms with Gasteiger partial charge in [0.05, 0.1) is 29.4 Å². The summed E-state index contributed by atoms with van der Waals surface area (Å²) in [4.78, 5) is 27.6. The summed E-state index contributed by atoms with van der Waals surface area (Å²) in [6, 6.07) is 10.6. The van der Waals surface area contributed by atoms with E-state index in [2.05, 4.69) is 0 Å². The topological polar surface area (TPSA) is 89.2 Å². The zero-order chi connectivity index (χ0) is 25.3. The van der Waals surface area contributed by atoms with Crippen molar-refractivity contribution < 1.29 is 33.0 Å². The minimum Gasteiger partial charge on any atom is -0.507 e. The molecule has 0 spiro atoms. The lowest BCUT2D eigenvalue weighted by Gasteiger charge is -2.24. The summed E-state index contributed by atoms with van der Waals surface area (Å²) in [7, 11) is 0. The molecule has 1 N–H and O–H groups in total. The van der Waals surface area contributed by atoms with E-state index in [0.717, 1.165) is 11.0 Å². The fourth-order valence-corrected chi connectivity index (χ4v) is 4.15. The molecule has 2 heterocycles. The maximum Gasteiger partial charge on any atom is 0.300 e. The van der Waals surface area contributed by atoms with Gasteiger partial charge < -0.3 is 19.0 Å². The van der Waals surface area contributed by atoms with E-state index in [1.54, 1.807) is 44.2 Å². The van der Waals surface area contributed by atoms with E-state index in [-0.39, 0.29) is 33.4 Å². The van der Waals surface area contributed by atoms with Gasteiger partial charge in [0.2, 0.25) is 0 Å². The monoisotopic (exact) mass is 499 g/mol. The van der Waals surface area contributed by atoms with Gasteiger partial charge in [-0.25, -0.2) is 4.39 Å². The molecule has 2 aromatic carbocycles. The summed E-state index contributed by atoms with van der Waals surface area (Å²) in [5, 5.41) is 11.2. The quantitative estimate of drug-likeness (QED) is 0.251. The molecule has 182 valence electrons. The van der Waals surface area contributed by atoms with Crippen LogP contribution in [0.15, 0.2) is 58.5 Å².